The molecule has 35 heavy (non-hydrogen) atoms. The van der Waals surface area contributed by atoms with Crippen molar-refractivity contribution in [3.63, 3.8) is 0 Å². The van der Waals surface area contributed by atoms with Gasteiger partial charge in [0.05, 0.1) is 17.7 Å². The average molecular weight is 490 g/mol. The van der Waals surface area contributed by atoms with Crippen LogP contribution in [-0.2, 0) is 11.3 Å². The van der Waals surface area contributed by atoms with Crippen LogP contribution in [0, 0.1) is 0 Å². The molecule has 2 aromatic heterocycles. The Morgan fingerprint density at radius 3 is 2.34 bits per heavy atom. The molecule has 1 fully saturated rings. The van der Waals surface area contributed by atoms with Gasteiger partial charge in [0.2, 0.25) is 5.91 Å². The Morgan fingerprint density at radius 1 is 0.886 bits per heavy atom. The third-order valence-electron chi connectivity index (χ3n) is 6.18. The SMILES string of the molecule is O=C(CSc1nnc(-c2nn(Cc3ccccc3)c(=O)c3ccccc23)o1)N1CCCCCCC1. The van der Waals surface area contributed by atoms with E-state index >= 15 is 0 Å². The summed E-state index contributed by atoms with van der Waals surface area (Å²) in [5.41, 5.74) is 1.24. The van der Waals surface area contributed by atoms with Crippen LogP contribution in [0.2, 0.25) is 0 Å². The molecule has 0 aliphatic carbocycles. The predicted molar refractivity (Wildman–Crippen MR) is 135 cm³/mol. The number of hydrogen-bond donors (Lipinski definition) is 0. The monoisotopic (exact) mass is 489 g/mol. The topological polar surface area (TPSA) is 94.1 Å². The number of nitrogens with zero attached hydrogens (tertiary/aromatic N) is 5. The Kier molecular flexibility index (Phi) is 7.23. The number of carbonyl (C=O) groups is 1. The molecule has 5 rings (SSSR count). The van der Waals surface area contributed by atoms with Gasteiger partial charge in [-0.15, -0.1) is 10.2 Å². The largest absolute Gasteiger partial charge is 0.409 e. The van der Waals surface area contributed by atoms with E-state index < -0.39 is 0 Å². The molecule has 0 radical (unpaired) electrons. The highest BCUT2D eigenvalue weighted by molar-refractivity contribution is 7.99. The molecule has 0 bridgehead atoms. The molecule has 0 unspecified atom stereocenters. The summed E-state index contributed by atoms with van der Waals surface area (Å²) in [6.45, 7) is 1.96. The highest BCUT2D eigenvalue weighted by atomic mass is 32.2. The average Bonchev–Trinajstić information content (AvgIpc) is 3.34. The van der Waals surface area contributed by atoms with Crippen LogP contribution >= 0.6 is 11.8 Å². The zero-order chi connectivity index (χ0) is 24.0. The van der Waals surface area contributed by atoms with Gasteiger partial charge in [0.25, 0.3) is 16.7 Å². The number of likely N-dealkylation sites (tertiary alicyclic amines) is 1. The van der Waals surface area contributed by atoms with Gasteiger partial charge in [-0.3, -0.25) is 9.59 Å². The van der Waals surface area contributed by atoms with Crippen LogP contribution in [0.3, 0.4) is 0 Å². The van der Waals surface area contributed by atoms with Crippen LogP contribution in [0.15, 0.2) is 69.0 Å². The first-order valence-electron chi connectivity index (χ1n) is 12.0. The van der Waals surface area contributed by atoms with Gasteiger partial charge >= 0.3 is 0 Å². The van der Waals surface area contributed by atoms with E-state index in [0.29, 0.717) is 28.2 Å². The first kappa shape index (κ1) is 23.3. The van der Waals surface area contributed by atoms with Crippen LogP contribution in [0.4, 0.5) is 0 Å². The number of amides is 1. The highest BCUT2D eigenvalue weighted by Gasteiger charge is 2.20. The molecule has 2 aromatic carbocycles. The third-order valence-corrected chi connectivity index (χ3v) is 6.98. The van der Waals surface area contributed by atoms with Crippen LogP contribution in [0.1, 0.15) is 37.7 Å². The van der Waals surface area contributed by atoms with Gasteiger partial charge in [0.15, 0.2) is 5.69 Å². The lowest BCUT2D eigenvalue weighted by molar-refractivity contribution is -0.128. The van der Waals surface area contributed by atoms with Crippen LogP contribution in [0.5, 0.6) is 0 Å². The third kappa shape index (κ3) is 5.45. The fourth-order valence-electron chi connectivity index (χ4n) is 4.33. The number of rotatable bonds is 6. The van der Waals surface area contributed by atoms with Gasteiger partial charge in [-0.2, -0.15) is 5.10 Å². The molecule has 8 nitrogen and oxygen atoms in total. The zero-order valence-corrected chi connectivity index (χ0v) is 20.2. The summed E-state index contributed by atoms with van der Waals surface area (Å²) < 4.78 is 7.32. The van der Waals surface area contributed by atoms with Gasteiger partial charge in [-0.25, -0.2) is 4.68 Å². The summed E-state index contributed by atoms with van der Waals surface area (Å²) in [5.74, 6) is 0.574. The van der Waals surface area contributed by atoms with E-state index in [1.54, 1.807) is 6.07 Å². The molecule has 0 spiro atoms. The van der Waals surface area contributed by atoms with E-state index in [9.17, 15) is 9.59 Å². The van der Waals surface area contributed by atoms with Crippen molar-refractivity contribution in [3.8, 4) is 11.6 Å². The van der Waals surface area contributed by atoms with Crippen molar-refractivity contribution in [1.82, 2.24) is 24.9 Å². The molecule has 1 amide bonds. The van der Waals surface area contributed by atoms with E-state index in [4.69, 9.17) is 4.42 Å². The number of hydrogen-bond acceptors (Lipinski definition) is 7. The first-order chi connectivity index (χ1) is 17.2. The summed E-state index contributed by atoms with van der Waals surface area (Å²) in [6, 6.07) is 17.0. The smallest absolute Gasteiger partial charge is 0.277 e. The molecular weight excluding hydrogens is 462 g/mol. The molecule has 1 aliphatic rings. The predicted octanol–water partition coefficient (Wildman–Crippen LogP) is 4.38. The van der Waals surface area contributed by atoms with Crippen LogP contribution < -0.4 is 5.56 Å². The number of thioether (sulfide) groups is 1. The van der Waals surface area contributed by atoms with Crippen molar-refractivity contribution in [1.29, 1.82) is 0 Å². The maximum Gasteiger partial charge on any atom is 0.277 e. The Balaban J connectivity index is 1.38. The molecule has 9 heteroatoms. The molecule has 0 N–H and O–H groups in total. The van der Waals surface area contributed by atoms with E-state index in [1.807, 2.05) is 53.4 Å². The molecule has 4 aromatic rings. The molecular formula is C26H27N5O3S. The number of aromatic nitrogens is 4. The Hall–Kier alpha value is -3.46. The van der Waals surface area contributed by atoms with Crippen molar-refractivity contribution < 1.29 is 9.21 Å². The molecule has 0 saturated carbocycles. The van der Waals surface area contributed by atoms with E-state index in [2.05, 4.69) is 15.3 Å². The minimum Gasteiger partial charge on any atom is -0.409 e. The second-order valence-electron chi connectivity index (χ2n) is 8.65. The summed E-state index contributed by atoms with van der Waals surface area (Å²) >= 11 is 1.24. The lowest BCUT2D eigenvalue weighted by Gasteiger charge is -2.24. The van der Waals surface area contributed by atoms with Gasteiger partial charge in [0, 0.05) is 18.5 Å². The highest BCUT2D eigenvalue weighted by Crippen LogP contribution is 2.27. The van der Waals surface area contributed by atoms with Gasteiger partial charge in [0.1, 0.15) is 0 Å². The first-order valence-corrected chi connectivity index (χ1v) is 13.0. The van der Waals surface area contributed by atoms with Crippen molar-refractivity contribution in [2.75, 3.05) is 18.8 Å². The Labute approximate surface area is 207 Å². The lowest BCUT2D eigenvalue weighted by atomic mass is 10.1. The van der Waals surface area contributed by atoms with Gasteiger partial charge in [-0.05, 0) is 24.5 Å². The van der Waals surface area contributed by atoms with Gasteiger partial charge in [-0.1, -0.05) is 79.6 Å². The summed E-state index contributed by atoms with van der Waals surface area (Å²) in [7, 11) is 0. The maximum atomic E-state index is 13.1. The second-order valence-corrected chi connectivity index (χ2v) is 9.58. The van der Waals surface area contributed by atoms with Crippen LogP contribution in [0.25, 0.3) is 22.4 Å². The minimum atomic E-state index is -0.179. The summed E-state index contributed by atoms with van der Waals surface area (Å²) in [6.07, 6.45) is 5.72. The van der Waals surface area contributed by atoms with Crippen molar-refractivity contribution in [3.05, 3.63) is 70.5 Å². The molecule has 0 atom stereocenters. The fraction of sp³-hybridized carbons (Fsp3) is 0.346. The van der Waals surface area contributed by atoms with Gasteiger partial charge < -0.3 is 9.32 Å². The standard InChI is InChI=1S/C26H27N5O3S/c32-22(30-15-9-2-1-3-10-16-30)18-35-26-28-27-24(34-26)23-20-13-7-8-14-21(20)25(33)31(29-23)17-19-11-5-4-6-12-19/h4-8,11-14H,1-3,9-10,15-18H2. The maximum absolute atomic E-state index is 13.1. The van der Waals surface area contributed by atoms with Crippen LogP contribution in [-0.4, -0.2) is 49.6 Å². The quantitative estimate of drug-likeness (QED) is 0.371. The van der Waals surface area contributed by atoms with Crippen molar-refractivity contribution in [2.24, 2.45) is 0 Å². The Bertz CT molecular complexity index is 1360. The lowest BCUT2D eigenvalue weighted by Crippen LogP contribution is -2.35. The Morgan fingerprint density at radius 2 is 1.57 bits per heavy atom. The van der Waals surface area contributed by atoms with E-state index in [0.717, 1.165) is 31.5 Å². The number of carbonyl (C=O) groups excluding carboxylic acids is 1. The fourth-order valence-corrected chi connectivity index (χ4v) is 5.00. The van der Waals surface area contributed by atoms with Crippen molar-refractivity contribution >= 4 is 28.4 Å². The number of benzene rings is 2. The minimum absolute atomic E-state index is 0.0941. The molecule has 1 aliphatic heterocycles. The second kappa shape index (κ2) is 10.9. The van der Waals surface area contributed by atoms with E-state index in [1.165, 1.54) is 35.7 Å². The molecule has 180 valence electrons. The summed E-state index contributed by atoms with van der Waals surface area (Å²) in [4.78, 5) is 27.7. The molecule has 1 saturated heterocycles. The van der Waals surface area contributed by atoms with Crippen molar-refractivity contribution in [2.45, 2.75) is 43.9 Å². The van der Waals surface area contributed by atoms with E-state index in [-0.39, 0.29) is 23.1 Å². The zero-order valence-electron chi connectivity index (χ0n) is 19.4. The summed E-state index contributed by atoms with van der Waals surface area (Å²) in [5, 5.41) is 14.4. The normalized spacial score (nSPS) is 14.6. The molecule has 3 heterocycles. The number of fused-ring (bicyclic) bond motifs is 1.